The molecule has 17 heavy (non-hydrogen) atoms. The second-order valence-electron chi connectivity index (χ2n) is 3.84. The van der Waals surface area contributed by atoms with Gasteiger partial charge in [-0.1, -0.05) is 23.2 Å². The SMILES string of the molecule is CC(C)N(CC#N)C(=O)c1cc(Cl)cc(Cl)c1. The first-order valence-corrected chi connectivity index (χ1v) is 5.85. The van der Waals surface area contributed by atoms with E-state index in [0.29, 0.717) is 15.6 Å². The third kappa shape index (κ3) is 3.62. The fourth-order valence-electron chi connectivity index (χ4n) is 1.41. The van der Waals surface area contributed by atoms with Gasteiger partial charge in [-0.25, -0.2) is 0 Å². The van der Waals surface area contributed by atoms with Gasteiger partial charge >= 0.3 is 0 Å². The first kappa shape index (κ1) is 13.8. The molecule has 0 bridgehead atoms. The summed E-state index contributed by atoms with van der Waals surface area (Å²) in [4.78, 5) is 13.6. The smallest absolute Gasteiger partial charge is 0.255 e. The molecule has 0 unspecified atom stereocenters. The van der Waals surface area contributed by atoms with Crippen LogP contribution in [0.1, 0.15) is 24.2 Å². The van der Waals surface area contributed by atoms with Crippen LogP contribution in [0, 0.1) is 11.3 Å². The van der Waals surface area contributed by atoms with Crippen molar-refractivity contribution in [2.45, 2.75) is 19.9 Å². The molecule has 0 spiro atoms. The number of nitriles is 1. The van der Waals surface area contributed by atoms with Crippen LogP contribution in [-0.4, -0.2) is 23.4 Å². The van der Waals surface area contributed by atoms with Gasteiger partial charge in [-0.2, -0.15) is 5.26 Å². The number of rotatable bonds is 3. The van der Waals surface area contributed by atoms with Gasteiger partial charge in [0.15, 0.2) is 0 Å². The van der Waals surface area contributed by atoms with E-state index in [0.717, 1.165) is 0 Å². The monoisotopic (exact) mass is 270 g/mol. The molecule has 5 heteroatoms. The molecule has 0 fully saturated rings. The maximum Gasteiger partial charge on any atom is 0.255 e. The van der Waals surface area contributed by atoms with E-state index in [1.807, 2.05) is 19.9 Å². The van der Waals surface area contributed by atoms with Crippen LogP contribution in [0.2, 0.25) is 10.0 Å². The van der Waals surface area contributed by atoms with Crippen molar-refractivity contribution in [1.82, 2.24) is 4.90 Å². The summed E-state index contributed by atoms with van der Waals surface area (Å²) in [6.07, 6.45) is 0. The zero-order valence-electron chi connectivity index (χ0n) is 9.58. The topological polar surface area (TPSA) is 44.1 Å². The molecule has 1 rings (SSSR count). The Labute approximate surface area is 111 Å². The quantitative estimate of drug-likeness (QED) is 0.791. The van der Waals surface area contributed by atoms with Crippen LogP contribution in [0.4, 0.5) is 0 Å². The molecule has 0 heterocycles. The van der Waals surface area contributed by atoms with E-state index in [1.165, 1.54) is 4.90 Å². The van der Waals surface area contributed by atoms with Gasteiger partial charge in [0.25, 0.3) is 5.91 Å². The van der Waals surface area contributed by atoms with Gasteiger partial charge in [0.1, 0.15) is 6.54 Å². The Morgan fingerprint density at radius 1 is 1.35 bits per heavy atom. The molecular formula is C12H12Cl2N2O. The maximum atomic E-state index is 12.1. The van der Waals surface area contributed by atoms with Gasteiger partial charge < -0.3 is 4.90 Å². The van der Waals surface area contributed by atoms with Gasteiger partial charge in [0.2, 0.25) is 0 Å². The second kappa shape index (κ2) is 5.90. The van der Waals surface area contributed by atoms with Crippen LogP contribution in [0.25, 0.3) is 0 Å². The molecule has 90 valence electrons. The summed E-state index contributed by atoms with van der Waals surface area (Å²) in [6.45, 7) is 3.74. The van der Waals surface area contributed by atoms with E-state index < -0.39 is 0 Å². The fourth-order valence-corrected chi connectivity index (χ4v) is 1.93. The Morgan fingerprint density at radius 3 is 2.29 bits per heavy atom. The van der Waals surface area contributed by atoms with Crippen molar-refractivity contribution in [3.05, 3.63) is 33.8 Å². The Balaban J connectivity index is 3.05. The first-order chi connectivity index (χ1) is 7.95. The zero-order chi connectivity index (χ0) is 13.0. The van der Waals surface area contributed by atoms with Crippen molar-refractivity contribution in [2.75, 3.05) is 6.54 Å². The molecule has 0 aliphatic rings. The first-order valence-electron chi connectivity index (χ1n) is 5.09. The molecule has 0 atom stereocenters. The number of hydrogen-bond donors (Lipinski definition) is 0. The number of hydrogen-bond acceptors (Lipinski definition) is 2. The van der Waals surface area contributed by atoms with Crippen molar-refractivity contribution in [2.24, 2.45) is 0 Å². The van der Waals surface area contributed by atoms with Gasteiger partial charge in [-0.15, -0.1) is 0 Å². The van der Waals surface area contributed by atoms with Crippen LogP contribution in [0.3, 0.4) is 0 Å². The van der Waals surface area contributed by atoms with E-state index in [4.69, 9.17) is 28.5 Å². The summed E-state index contributed by atoms with van der Waals surface area (Å²) in [7, 11) is 0. The lowest BCUT2D eigenvalue weighted by Crippen LogP contribution is -2.37. The molecule has 3 nitrogen and oxygen atoms in total. The highest BCUT2D eigenvalue weighted by atomic mass is 35.5. The van der Waals surface area contributed by atoms with Crippen LogP contribution >= 0.6 is 23.2 Å². The van der Waals surface area contributed by atoms with Crippen molar-refractivity contribution < 1.29 is 4.79 Å². The zero-order valence-corrected chi connectivity index (χ0v) is 11.1. The molecule has 0 aromatic heterocycles. The summed E-state index contributed by atoms with van der Waals surface area (Å²) in [5.74, 6) is -0.244. The molecule has 1 aromatic carbocycles. The Morgan fingerprint density at radius 2 is 1.88 bits per heavy atom. The molecule has 1 amide bonds. The van der Waals surface area contributed by atoms with Crippen molar-refractivity contribution in [3.8, 4) is 6.07 Å². The summed E-state index contributed by atoms with van der Waals surface area (Å²) in [5.41, 5.74) is 0.395. The standard InChI is InChI=1S/C12H12Cl2N2O/c1-8(2)16(4-3-15)12(17)9-5-10(13)7-11(14)6-9/h5-8H,4H2,1-2H3. The largest absolute Gasteiger partial charge is 0.323 e. The molecule has 0 N–H and O–H groups in total. The van der Waals surface area contributed by atoms with Crippen LogP contribution in [0.5, 0.6) is 0 Å². The van der Waals surface area contributed by atoms with Gasteiger partial charge in [-0.3, -0.25) is 4.79 Å². The average Bonchev–Trinajstić information content (AvgIpc) is 2.23. The van der Waals surface area contributed by atoms with E-state index in [-0.39, 0.29) is 18.5 Å². The van der Waals surface area contributed by atoms with E-state index >= 15 is 0 Å². The molecule has 0 radical (unpaired) electrons. The van der Waals surface area contributed by atoms with Crippen molar-refractivity contribution in [3.63, 3.8) is 0 Å². The van der Waals surface area contributed by atoms with Crippen molar-refractivity contribution >= 4 is 29.1 Å². The minimum atomic E-state index is -0.244. The number of amides is 1. The summed E-state index contributed by atoms with van der Waals surface area (Å²) < 4.78 is 0. The van der Waals surface area contributed by atoms with E-state index in [1.54, 1.807) is 18.2 Å². The lowest BCUT2D eigenvalue weighted by molar-refractivity contribution is 0.0731. The number of nitrogens with zero attached hydrogens (tertiary/aromatic N) is 2. The van der Waals surface area contributed by atoms with Crippen LogP contribution in [-0.2, 0) is 0 Å². The Bertz CT molecular complexity index is 446. The van der Waals surface area contributed by atoms with Gasteiger partial charge in [0.05, 0.1) is 6.07 Å². The second-order valence-corrected chi connectivity index (χ2v) is 4.72. The summed E-state index contributed by atoms with van der Waals surface area (Å²) in [5, 5.41) is 9.50. The minimum absolute atomic E-state index is 0.0423. The number of benzene rings is 1. The minimum Gasteiger partial charge on any atom is -0.323 e. The van der Waals surface area contributed by atoms with Crippen LogP contribution < -0.4 is 0 Å². The molecule has 0 aliphatic heterocycles. The lowest BCUT2D eigenvalue weighted by atomic mass is 10.1. The van der Waals surface area contributed by atoms with E-state index in [9.17, 15) is 4.79 Å². The van der Waals surface area contributed by atoms with Gasteiger partial charge in [0, 0.05) is 21.7 Å². The molecule has 0 aliphatic carbocycles. The lowest BCUT2D eigenvalue weighted by Gasteiger charge is -2.24. The summed E-state index contributed by atoms with van der Waals surface area (Å²) >= 11 is 11.7. The molecule has 0 saturated carbocycles. The maximum absolute atomic E-state index is 12.1. The predicted octanol–water partition coefficient (Wildman–Crippen LogP) is 3.37. The normalized spacial score (nSPS) is 10.1. The summed E-state index contributed by atoms with van der Waals surface area (Å²) in [6, 6.07) is 6.56. The number of carbonyl (C=O) groups excluding carboxylic acids is 1. The number of halogens is 2. The third-order valence-electron chi connectivity index (χ3n) is 2.23. The van der Waals surface area contributed by atoms with Crippen LogP contribution in [0.15, 0.2) is 18.2 Å². The fraction of sp³-hybridized carbons (Fsp3) is 0.333. The highest BCUT2D eigenvalue weighted by Gasteiger charge is 2.19. The molecule has 1 aromatic rings. The van der Waals surface area contributed by atoms with Gasteiger partial charge in [-0.05, 0) is 32.0 Å². The number of carbonyl (C=O) groups is 1. The average molecular weight is 271 g/mol. The molecule has 0 saturated heterocycles. The van der Waals surface area contributed by atoms with E-state index in [2.05, 4.69) is 0 Å². The highest BCUT2D eigenvalue weighted by Crippen LogP contribution is 2.20. The molecular weight excluding hydrogens is 259 g/mol. The highest BCUT2D eigenvalue weighted by molar-refractivity contribution is 6.35. The Hall–Kier alpha value is -1.24. The predicted molar refractivity (Wildman–Crippen MR) is 68.2 cm³/mol. The third-order valence-corrected chi connectivity index (χ3v) is 2.67. The van der Waals surface area contributed by atoms with Crippen molar-refractivity contribution in [1.29, 1.82) is 5.26 Å². The Kier molecular flexibility index (Phi) is 4.80.